The van der Waals surface area contributed by atoms with Crippen LogP contribution >= 0.6 is 11.6 Å². The molecule has 0 aliphatic carbocycles. The highest BCUT2D eigenvalue weighted by molar-refractivity contribution is 6.33. The van der Waals surface area contributed by atoms with Crippen LogP contribution in [0.4, 0.5) is 0 Å². The largest absolute Gasteiger partial charge is 0.392 e. The maximum Gasteiger partial charge on any atom is 0.255 e. The molecule has 1 aliphatic rings. The molecule has 0 unspecified atom stereocenters. The van der Waals surface area contributed by atoms with Crippen LogP contribution in [0.2, 0.25) is 5.02 Å². The second-order valence-electron chi connectivity index (χ2n) is 5.13. The number of aliphatic hydroxyl groups is 1. The van der Waals surface area contributed by atoms with E-state index in [2.05, 4.69) is 4.90 Å². The fraction of sp³-hybridized carbons (Fsp3) is 0.533. The number of halogens is 1. The molecular weight excluding hydrogens is 276 g/mol. The summed E-state index contributed by atoms with van der Waals surface area (Å²) in [7, 11) is 0. The van der Waals surface area contributed by atoms with Crippen molar-refractivity contribution in [3.8, 4) is 0 Å². The van der Waals surface area contributed by atoms with Gasteiger partial charge in [0, 0.05) is 32.7 Å². The third-order valence-electron chi connectivity index (χ3n) is 3.70. The lowest BCUT2D eigenvalue weighted by molar-refractivity contribution is 0.0524. The first-order valence-electron chi connectivity index (χ1n) is 7.06. The van der Waals surface area contributed by atoms with Crippen molar-refractivity contribution in [1.82, 2.24) is 9.80 Å². The fourth-order valence-electron chi connectivity index (χ4n) is 2.37. The Bertz CT molecular complexity index is 459. The Balaban J connectivity index is 1.91. The maximum atomic E-state index is 12.4. The van der Waals surface area contributed by atoms with Gasteiger partial charge in [-0.3, -0.25) is 9.69 Å². The van der Waals surface area contributed by atoms with Crippen LogP contribution in [0.5, 0.6) is 0 Å². The van der Waals surface area contributed by atoms with E-state index in [1.807, 2.05) is 24.0 Å². The quantitative estimate of drug-likeness (QED) is 0.922. The van der Waals surface area contributed by atoms with Gasteiger partial charge in [0.05, 0.1) is 16.7 Å². The highest BCUT2D eigenvalue weighted by atomic mass is 35.5. The van der Waals surface area contributed by atoms with Crippen molar-refractivity contribution in [3.05, 3.63) is 34.9 Å². The minimum atomic E-state index is -0.277. The van der Waals surface area contributed by atoms with Crippen LogP contribution in [0.15, 0.2) is 24.3 Å². The topological polar surface area (TPSA) is 43.8 Å². The molecule has 0 spiro atoms. The number of carbonyl (C=O) groups excluding carboxylic acids is 1. The fourth-order valence-corrected chi connectivity index (χ4v) is 2.58. The van der Waals surface area contributed by atoms with Crippen LogP contribution in [0, 0.1) is 0 Å². The van der Waals surface area contributed by atoms with E-state index >= 15 is 0 Å². The van der Waals surface area contributed by atoms with Gasteiger partial charge in [0.25, 0.3) is 5.91 Å². The molecule has 0 aromatic heterocycles. The molecule has 4 nitrogen and oxygen atoms in total. The Labute approximate surface area is 124 Å². The summed E-state index contributed by atoms with van der Waals surface area (Å²) in [5.41, 5.74) is 0.566. The smallest absolute Gasteiger partial charge is 0.255 e. The van der Waals surface area contributed by atoms with Crippen LogP contribution in [0.25, 0.3) is 0 Å². The van der Waals surface area contributed by atoms with Gasteiger partial charge in [0.2, 0.25) is 0 Å². The highest BCUT2D eigenvalue weighted by Crippen LogP contribution is 2.18. The van der Waals surface area contributed by atoms with Crippen LogP contribution in [-0.4, -0.2) is 59.6 Å². The second kappa shape index (κ2) is 7.07. The molecule has 110 valence electrons. The lowest BCUT2D eigenvalue weighted by Crippen LogP contribution is -2.50. The first-order chi connectivity index (χ1) is 9.61. The monoisotopic (exact) mass is 296 g/mol. The van der Waals surface area contributed by atoms with E-state index in [0.717, 1.165) is 19.5 Å². The van der Waals surface area contributed by atoms with Crippen LogP contribution in [-0.2, 0) is 0 Å². The molecule has 1 fully saturated rings. The average molecular weight is 297 g/mol. The zero-order valence-electron chi connectivity index (χ0n) is 11.8. The van der Waals surface area contributed by atoms with Crippen molar-refractivity contribution in [3.63, 3.8) is 0 Å². The Hall–Kier alpha value is -1.10. The molecule has 0 radical (unpaired) electrons. The molecule has 1 aliphatic heterocycles. The molecule has 2 rings (SSSR count). The van der Waals surface area contributed by atoms with Gasteiger partial charge in [-0.05, 0) is 18.6 Å². The first kappa shape index (κ1) is 15.3. The van der Waals surface area contributed by atoms with Gasteiger partial charge in [-0.25, -0.2) is 0 Å². The summed E-state index contributed by atoms with van der Waals surface area (Å²) in [6.07, 6.45) is 0.486. The summed E-state index contributed by atoms with van der Waals surface area (Å²) in [5.74, 6) is -0.00806. The van der Waals surface area contributed by atoms with E-state index in [1.165, 1.54) is 0 Å². The second-order valence-corrected chi connectivity index (χ2v) is 5.54. The van der Waals surface area contributed by atoms with Gasteiger partial charge < -0.3 is 10.0 Å². The van der Waals surface area contributed by atoms with Crippen LogP contribution < -0.4 is 0 Å². The summed E-state index contributed by atoms with van der Waals surface area (Å²) in [6, 6.07) is 7.15. The summed E-state index contributed by atoms with van der Waals surface area (Å²) in [5, 5.41) is 10.2. The van der Waals surface area contributed by atoms with E-state index in [-0.39, 0.29) is 12.0 Å². The minimum Gasteiger partial charge on any atom is -0.392 e. The SMILES string of the molecule is CC[C@@H](O)CN1CCN(C(=O)c2ccccc2Cl)CC1. The third-order valence-corrected chi connectivity index (χ3v) is 4.03. The van der Waals surface area contributed by atoms with Gasteiger partial charge in [-0.2, -0.15) is 0 Å². The number of nitrogens with zero attached hydrogens (tertiary/aromatic N) is 2. The van der Waals surface area contributed by atoms with Crippen LogP contribution in [0.1, 0.15) is 23.7 Å². The molecule has 1 saturated heterocycles. The molecule has 0 bridgehead atoms. The molecule has 1 amide bonds. The molecule has 1 aromatic carbocycles. The van der Waals surface area contributed by atoms with E-state index in [4.69, 9.17) is 11.6 Å². The van der Waals surface area contributed by atoms with Crippen molar-refractivity contribution < 1.29 is 9.90 Å². The van der Waals surface area contributed by atoms with E-state index < -0.39 is 0 Å². The lowest BCUT2D eigenvalue weighted by Gasteiger charge is -2.35. The number of β-amino-alcohol motifs (C(OH)–C–C–N with tert-alkyl or cyclic N) is 1. The lowest BCUT2D eigenvalue weighted by atomic mass is 10.1. The van der Waals surface area contributed by atoms with Crippen molar-refractivity contribution in [1.29, 1.82) is 0 Å². The standard InChI is InChI=1S/C15H21ClN2O2/c1-2-12(19)11-17-7-9-18(10-8-17)15(20)13-5-3-4-6-14(13)16/h3-6,12,19H,2,7-11H2,1H3/t12-/m1/s1. The van der Waals surface area contributed by atoms with Gasteiger partial charge in [-0.15, -0.1) is 0 Å². The van der Waals surface area contributed by atoms with E-state index in [9.17, 15) is 9.90 Å². The number of hydrogen-bond acceptors (Lipinski definition) is 3. The number of benzene rings is 1. The van der Waals surface area contributed by atoms with E-state index in [1.54, 1.807) is 12.1 Å². The summed E-state index contributed by atoms with van der Waals surface area (Å²) >= 11 is 6.06. The predicted octanol–water partition coefficient (Wildman–Crippen LogP) is 1.87. The minimum absolute atomic E-state index is 0.00806. The molecule has 1 atom stereocenters. The Morgan fingerprint density at radius 3 is 2.55 bits per heavy atom. The Morgan fingerprint density at radius 2 is 1.95 bits per heavy atom. The molecule has 1 N–H and O–H groups in total. The first-order valence-corrected chi connectivity index (χ1v) is 7.43. The summed E-state index contributed by atoms with van der Waals surface area (Å²) < 4.78 is 0. The number of piperazine rings is 1. The average Bonchev–Trinajstić information content (AvgIpc) is 2.47. The van der Waals surface area contributed by atoms with Gasteiger partial charge in [-0.1, -0.05) is 30.7 Å². The van der Waals surface area contributed by atoms with Crippen molar-refractivity contribution in [2.24, 2.45) is 0 Å². The van der Waals surface area contributed by atoms with Crippen molar-refractivity contribution in [2.45, 2.75) is 19.4 Å². The predicted molar refractivity (Wildman–Crippen MR) is 80.1 cm³/mol. The van der Waals surface area contributed by atoms with Crippen LogP contribution in [0.3, 0.4) is 0 Å². The van der Waals surface area contributed by atoms with Gasteiger partial charge >= 0.3 is 0 Å². The molecule has 1 heterocycles. The molecule has 0 saturated carbocycles. The van der Waals surface area contributed by atoms with Gasteiger partial charge in [0.15, 0.2) is 0 Å². The molecule has 5 heteroatoms. The zero-order valence-corrected chi connectivity index (χ0v) is 12.5. The van der Waals surface area contributed by atoms with Crippen molar-refractivity contribution in [2.75, 3.05) is 32.7 Å². The number of hydrogen-bond donors (Lipinski definition) is 1. The third kappa shape index (κ3) is 3.72. The maximum absolute atomic E-state index is 12.4. The number of carbonyl (C=O) groups is 1. The van der Waals surface area contributed by atoms with Crippen molar-refractivity contribution >= 4 is 17.5 Å². The van der Waals surface area contributed by atoms with Gasteiger partial charge in [0.1, 0.15) is 0 Å². The number of rotatable bonds is 4. The summed E-state index contributed by atoms with van der Waals surface area (Å²) in [6.45, 7) is 5.62. The molecular formula is C15H21ClN2O2. The number of amides is 1. The Morgan fingerprint density at radius 1 is 1.30 bits per heavy atom. The molecule has 1 aromatic rings. The Kier molecular flexibility index (Phi) is 5.40. The summed E-state index contributed by atoms with van der Waals surface area (Å²) in [4.78, 5) is 16.4. The number of aliphatic hydroxyl groups excluding tert-OH is 1. The normalized spacial score (nSPS) is 18.1. The van der Waals surface area contributed by atoms with E-state index in [0.29, 0.717) is 30.2 Å². The molecule has 20 heavy (non-hydrogen) atoms. The highest BCUT2D eigenvalue weighted by Gasteiger charge is 2.24. The zero-order chi connectivity index (χ0) is 14.5.